The molecule has 1 aromatic carbocycles. The van der Waals surface area contributed by atoms with E-state index in [-0.39, 0.29) is 24.0 Å². The lowest BCUT2D eigenvalue weighted by Gasteiger charge is -2.26. The average Bonchev–Trinajstić information content (AvgIpc) is 2.57. The van der Waals surface area contributed by atoms with Crippen LogP contribution in [0, 0.1) is 6.92 Å². The third kappa shape index (κ3) is 6.94. The van der Waals surface area contributed by atoms with E-state index in [0.29, 0.717) is 0 Å². The van der Waals surface area contributed by atoms with Crippen molar-refractivity contribution in [3.05, 3.63) is 35.4 Å². The maximum Gasteiger partial charge on any atom is 0.194 e. The van der Waals surface area contributed by atoms with E-state index < -0.39 is 0 Å². The van der Waals surface area contributed by atoms with Crippen LogP contribution in [0.2, 0.25) is 0 Å². The average molecular weight is 446 g/mol. The number of morpholine rings is 1. The van der Waals surface area contributed by atoms with Gasteiger partial charge >= 0.3 is 0 Å². The number of hydrogen-bond donors (Lipinski definition) is 1. The van der Waals surface area contributed by atoms with E-state index in [4.69, 9.17) is 9.73 Å². The molecule has 2 rings (SSSR count). The number of hydrogen-bond acceptors (Lipinski definition) is 3. The number of halogens is 1. The van der Waals surface area contributed by atoms with Crippen molar-refractivity contribution in [3.8, 4) is 0 Å². The third-order valence-electron chi connectivity index (χ3n) is 4.15. The minimum atomic E-state index is 0. The van der Waals surface area contributed by atoms with Crippen LogP contribution in [0.15, 0.2) is 29.3 Å². The Morgan fingerprint density at radius 2 is 2.00 bits per heavy atom. The number of benzene rings is 1. The van der Waals surface area contributed by atoms with Crippen molar-refractivity contribution in [2.45, 2.75) is 20.4 Å². The van der Waals surface area contributed by atoms with Crippen LogP contribution in [0.25, 0.3) is 0 Å². The van der Waals surface area contributed by atoms with E-state index in [2.05, 4.69) is 60.3 Å². The SMILES string of the molecule is CCNC(=NCCN1CCOCC1)N(C)Cc1ccccc1C.I. The van der Waals surface area contributed by atoms with Gasteiger partial charge in [-0.15, -0.1) is 24.0 Å². The van der Waals surface area contributed by atoms with Crippen LogP contribution in [-0.4, -0.2) is 68.7 Å². The molecule has 0 atom stereocenters. The van der Waals surface area contributed by atoms with Gasteiger partial charge in [-0.25, -0.2) is 0 Å². The lowest BCUT2D eigenvalue weighted by molar-refractivity contribution is 0.0394. The van der Waals surface area contributed by atoms with Gasteiger partial charge in [-0.2, -0.15) is 0 Å². The minimum Gasteiger partial charge on any atom is -0.379 e. The highest BCUT2D eigenvalue weighted by molar-refractivity contribution is 14.0. The normalized spacial score (nSPS) is 15.7. The van der Waals surface area contributed by atoms with E-state index in [1.807, 2.05) is 0 Å². The molecule has 1 N–H and O–H groups in total. The molecule has 24 heavy (non-hydrogen) atoms. The van der Waals surface area contributed by atoms with Gasteiger partial charge in [-0.05, 0) is 25.0 Å². The zero-order chi connectivity index (χ0) is 16.5. The summed E-state index contributed by atoms with van der Waals surface area (Å²) < 4.78 is 5.38. The summed E-state index contributed by atoms with van der Waals surface area (Å²) >= 11 is 0. The van der Waals surface area contributed by atoms with Gasteiger partial charge in [0, 0.05) is 39.8 Å². The molecule has 5 nitrogen and oxygen atoms in total. The van der Waals surface area contributed by atoms with Crippen LogP contribution < -0.4 is 5.32 Å². The molecule has 0 spiro atoms. The van der Waals surface area contributed by atoms with E-state index >= 15 is 0 Å². The first kappa shape index (κ1) is 21.2. The van der Waals surface area contributed by atoms with E-state index in [1.165, 1.54) is 11.1 Å². The summed E-state index contributed by atoms with van der Waals surface area (Å²) in [5.41, 5.74) is 2.66. The molecule has 0 amide bonds. The highest BCUT2D eigenvalue weighted by Gasteiger charge is 2.11. The van der Waals surface area contributed by atoms with Crippen LogP contribution in [0.4, 0.5) is 0 Å². The predicted molar refractivity (Wildman–Crippen MR) is 111 cm³/mol. The first-order valence-corrected chi connectivity index (χ1v) is 8.54. The molecule has 0 radical (unpaired) electrons. The second kappa shape index (κ2) is 11.7. The van der Waals surface area contributed by atoms with Crippen molar-refractivity contribution >= 4 is 29.9 Å². The molecule has 1 saturated heterocycles. The molecular formula is C18H31IN4O. The van der Waals surface area contributed by atoms with Crippen LogP contribution in [0.5, 0.6) is 0 Å². The number of nitrogens with zero attached hydrogens (tertiary/aromatic N) is 3. The quantitative estimate of drug-likeness (QED) is 0.414. The smallest absolute Gasteiger partial charge is 0.194 e. The first-order valence-electron chi connectivity index (χ1n) is 8.54. The Morgan fingerprint density at radius 3 is 2.67 bits per heavy atom. The van der Waals surface area contributed by atoms with E-state index in [1.54, 1.807) is 0 Å². The molecule has 6 heteroatoms. The topological polar surface area (TPSA) is 40.1 Å². The molecule has 0 unspecified atom stereocenters. The summed E-state index contributed by atoms with van der Waals surface area (Å²) in [6.45, 7) is 11.6. The summed E-state index contributed by atoms with van der Waals surface area (Å²) in [6, 6.07) is 8.52. The van der Waals surface area contributed by atoms with E-state index in [0.717, 1.165) is 58.4 Å². The fraction of sp³-hybridized carbons (Fsp3) is 0.611. The maximum absolute atomic E-state index is 5.38. The molecule has 0 aliphatic carbocycles. The number of aryl methyl sites for hydroxylation is 1. The van der Waals surface area contributed by atoms with Crippen molar-refractivity contribution in [3.63, 3.8) is 0 Å². The number of rotatable bonds is 6. The Hall–Kier alpha value is -0.860. The Kier molecular flexibility index (Phi) is 10.3. The maximum atomic E-state index is 5.38. The molecule has 1 aromatic rings. The van der Waals surface area contributed by atoms with Crippen molar-refractivity contribution in [1.82, 2.24) is 15.1 Å². The number of ether oxygens (including phenoxy) is 1. The highest BCUT2D eigenvalue weighted by Crippen LogP contribution is 2.09. The van der Waals surface area contributed by atoms with Crippen LogP contribution in [-0.2, 0) is 11.3 Å². The fourth-order valence-electron chi connectivity index (χ4n) is 2.71. The van der Waals surface area contributed by atoms with Crippen molar-refractivity contribution in [2.75, 3.05) is 53.0 Å². The zero-order valence-corrected chi connectivity index (χ0v) is 17.5. The third-order valence-corrected chi connectivity index (χ3v) is 4.15. The molecular weight excluding hydrogens is 415 g/mol. The number of guanidine groups is 1. The Labute approximate surface area is 163 Å². The molecule has 136 valence electrons. The van der Waals surface area contributed by atoms with Gasteiger partial charge in [0.15, 0.2) is 5.96 Å². The van der Waals surface area contributed by atoms with Gasteiger partial charge in [0.1, 0.15) is 0 Å². The summed E-state index contributed by atoms with van der Waals surface area (Å²) in [6.07, 6.45) is 0. The highest BCUT2D eigenvalue weighted by atomic mass is 127. The second-order valence-electron chi connectivity index (χ2n) is 5.97. The standard InChI is InChI=1S/C18H30N4O.HI/c1-4-19-18(20-9-10-22-11-13-23-14-12-22)21(3)15-17-8-6-5-7-16(17)2;/h5-8H,4,9-15H2,1-3H3,(H,19,20);1H. The molecule has 1 aliphatic rings. The lowest BCUT2D eigenvalue weighted by atomic mass is 10.1. The fourth-order valence-corrected chi connectivity index (χ4v) is 2.71. The zero-order valence-electron chi connectivity index (χ0n) is 15.1. The Balaban J connectivity index is 0.00000288. The van der Waals surface area contributed by atoms with E-state index in [9.17, 15) is 0 Å². The molecule has 1 aliphatic heterocycles. The predicted octanol–water partition coefficient (Wildman–Crippen LogP) is 2.34. The second-order valence-corrected chi connectivity index (χ2v) is 5.97. The van der Waals surface area contributed by atoms with Crippen LogP contribution in [0.3, 0.4) is 0 Å². The number of aliphatic imine (C=N–C) groups is 1. The lowest BCUT2D eigenvalue weighted by Crippen LogP contribution is -2.40. The van der Waals surface area contributed by atoms with Crippen LogP contribution in [0.1, 0.15) is 18.1 Å². The number of nitrogens with one attached hydrogen (secondary N) is 1. The summed E-state index contributed by atoms with van der Waals surface area (Å²) in [7, 11) is 2.10. The molecule has 1 heterocycles. The van der Waals surface area contributed by atoms with Crippen LogP contribution >= 0.6 is 24.0 Å². The summed E-state index contributed by atoms with van der Waals surface area (Å²) in [4.78, 5) is 9.40. The monoisotopic (exact) mass is 446 g/mol. The largest absolute Gasteiger partial charge is 0.379 e. The van der Waals surface area contributed by atoms with Gasteiger partial charge in [0.2, 0.25) is 0 Å². The Morgan fingerprint density at radius 1 is 1.29 bits per heavy atom. The molecule has 0 bridgehead atoms. The first-order chi connectivity index (χ1) is 11.2. The Bertz CT molecular complexity index is 504. The molecule has 1 fully saturated rings. The summed E-state index contributed by atoms with van der Waals surface area (Å²) in [5.74, 6) is 0.976. The van der Waals surface area contributed by atoms with Crippen molar-refractivity contribution in [2.24, 2.45) is 4.99 Å². The van der Waals surface area contributed by atoms with Gasteiger partial charge in [-0.3, -0.25) is 9.89 Å². The molecule has 0 saturated carbocycles. The van der Waals surface area contributed by atoms with Gasteiger partial charge in [0.05, 0.1) is 19.8 Å². The van der Waals surface area contributed by atoms with Gasteiger partial charge in [0.25, 0.3) is 0 Å². The van der Waals surface area contributed by atoms with Crippen molar-refractivity contribution in [1.29, 1.82) is 0 Å². The van der Waals surface area contributed by atoms with Gasteiger partial charge in [-0.1, -0.05) is 24.3 Å². The van der Waals surface area contributed by atoms with Crippen molar-refractivity contribution < 1.29 is 4.74 Å². The summed E-state index contributed by atoms with van der Waals surface area (Å²) in [5, 5.41) is 3.39. The van der Waals surface area contributed by atoms with Gasteiger partial charge < -0.3 is 15.0 Å². The minimum absolute atomic E-state index is 0. The molecule has 0 aromatic heterocycles.